The van der Waals surface area contributed by atoms with Gasteiger partial charge in [0.05, 0.1) is 12.7 Å². The number of hydrogen-bond acceptors (Lipinski definition) is 2. The zero-order valence-corrected chi connectivity index (χ0v) is 15.3. The third-order valence-electron chi connectivity index (χ3n) is 7.41. The second-order valence-corrected chi connectivity index (χ2v) is 8.62. The molecule has 3 aliphatic carbocycles. The number of ether oxygens (including phenoxy) is 1. The van der Waals surface area contributed by atoms with Crippen LogP contribution in [0.25, 0.3) is 0 Å². The monoisotopic (exact) mass is 328 g/mol. The van der Waals surface area contributed by atoms with Gasteiger partial charge in [0, 0.05) is 0 Å². The number of unbranched alkanes of at least 4 members (excludes halogenated alkanes) is 1. The van der Waals surface area contributed by atoms with E-state index in [1.165, 1.54) is 44.1 Å². The SMILES string of the molecule is CCCCOc1ccc2c(c1)CCC1[C@@H]2CC[C@]2(C)[C@@H](O)CC[C@@H]12. The second-order valence-electron chi connectivity index (χ2n) is 8.62. The Hall–Kier alpha value is -1.02. The number of aliphatic hydroxyl groups is 1. The standard InChI is InChI=1S/C22H32O2/c1-3-4-13-24-16-6-8-17-15(14-16)5-7-19-18(17)11-12-22(2)20(19)9-10-21(22)23/h6,8,14,18-21,23H,3-5,7,9-13H2,1-2H3/t18-,19?,20+,21+,22+/m1/s1. The van der Waals surface area contributed by atoms with Crippen LogP contribution in [0.5, 0.6) is 5.75 Å². The van der Waals surface area contributed by atoms with E-state index in [0.29, 0.717) is 5.92 Å². The van der Waals surface area contributed by atoms with E-state index in [1.54, 1.807) is 5.56 Å². The van der Waals surface area contributed by atoms with Crippen LogP contribution in [0, 0.1) is 17.3 Å². The molecule has 1 aromatic carbocycles. The maximum atomic E-state index is 10.5. The minimum atomic E-state index is -0.0702. The van der Waals surface area contributed by atoms with Gasteiger partial charge in [0.15, 0.2) is 0 Å². The van der Waals surface area contributed by atoms with E-state index in [1.807, 2.05) is 0 Å². The van der Waals surface area contributed by atoms with E-state index in [0.717, 1.165) is 37.0 Å². The van der Waals surface area contributed by atoms with E-state index in [-0.39, 0.29) is 11.5 Å². The summed E-state index contributed by atoms with van der Waals surface area (Å²) in [5.74, 6) is 3.26. The van der Waals surface area contributed by atoms with Crippen LogP contribution in [0.3, 0.4) is 0 Å². The van der Waals surface area contributed by atoms with Crippen LogP contribution in [0.15, 0.2) is 18.2 Å². The van der Waals surface area contributed by atoms with E-state index < -0.39 is 0 Å². The van der Waals surface area contributed by atoms with Gasteiger partial charge >= 0.3 is 0 Å². The quantitative estimate of drug-likeness (QED) is 0.781. The second kappa shape index (κ2) is 6.37. The highest BCUT2D eigenvalue weighted by Crippen LogP contribution is 2.60. The molecule has 132 valence electrons. The molecule has 0 saturated heterocycles. The zero-order chi connectivity index (χ0) is 16.7. The summed E-state index contributed by atoms with van der Waals surface area (Å²) in [5.41, 5.74) is 3.28. The molecule has 2 saturated carbocycles. The van der Waals surface area contributed by atoms with Crippen molar-refractivity contribution in [1.82, 2.24) is 0 Å². The van der Waals surface area contributed by atoms with Crippen molar-refractivity contribution in [3.63, 3.8) is 0 Å². The first-order chi connectivity index (χ1) is 11.6. The molecule has 0 heterocycles. The molecule has 0 spiro atoms. The number of benzene rings is 1. The maximum absolute atomic E-state index is 10.5. The number of aryl methyl sites for hydroxylation is 1. The maximum Gasteiger partial charge on any atom is 0.119 e. The fraction of sp³-hybridized carbons (Fsp3) is 0.727. The first-order valence-electron chi connectivity index (χ1n) is 10.1. The Morgan fingerprint density at radius 1 is 1.21 bits per heavy atom. The van der Waals surface area contributed by atoms with Gasteiger partial charge in [-0.15, -0.1) is 0 Å². The molecule has 0 bridgehead atoms. The molecule has 2 heteroatoms. The van der Waals surface area contributed by atoms with Gasteiger partial charge in [-0.05, 0) is 91.4 Å². The van der Waals surface area contributed by atoms with Crippen LogP contribution in [-0.2, 0) is 6.42 Å². The minimum absolute atomic E-state index is 0.0702. The van der Waals surface area contributed by atoms with Crippen molar-refractivity contribution in [1.29, 1.82) is 0 Å². The number of rotatable bonds is 4. The summed E-state index contributed by atoms with van der Waals surface area (Å²) in [6, 6.07) is 6.84. The predicted molar refractivity (Wildman–Crippen MR) is 97.5 cm³/mol. The van der Waals surface area contributed by atoms with Crippen molar-refractivity contribution in [3.8, 4) is 5.75 Å². The Kier molecular flexibility index (Phi) is 4.36. The molecule has 1 N–H and O–H groups in total. The van der Waals surface area contributed by atoms with Gasteiger partial charge in [-0.25, -0.2) is 0 Å². The normalized spacial score (nSPS) is 37.5. The Labute approximate surface area is 146 Å². The first kappa shape index (κ1) is 16.4. The van der Waals surface area contributed by atoms with Crippen LogP contribution in [0.1, 0.15) is 75.8 Å². The van der Waals surface area contributed by atoms with Crippen LogP contribution in [0.4, 0.5) is 0 Å². The molecule has 24 heavy (non-hydrogen) atoms. The lowest BCUT2D eigenvalue weighted by Crippen LogP contribution is -2.43. The van der Waals surface area contributed by atoms with Gasteiger partial charge in [0.1, 0.15) is 5.75 Å². The Bertz CT molecular complexity index is 596. The van der Waals surface area contributed by atoms with Gasteiger partial charge in [-0.3, -0.25) is 0 Å². The molecule has 1 aromatic rings. The van der Waals surface area contributed by atoms with Gasteiger partial charge < -0.3 is 9.84 Å². The molecule has 2 fully saturated rings. The van der Waals surface area contributed by atoms with Gasteiger partial charge in [0.25, 0.3) is 0 Å². The lowest BCUT2D eigenvalue weighted by molar-refractivity contribution is -0.0226. The molecule has 1 unspecified atom stereocenters. The van der Waals surface area contributed by atoms with Crippen LogP contribution in [-0.4, -0.2) is 17.8 Å². The van der Waals surface area contributed by atoms with Crippen molar-refractivity contribution in [2.75, 3.05) is 6.61 Å². The van der Waals surface area contributed by atoms with Gasteiger partial charge in [-0.1, -0.05) is 26.3 Å². The highest BCUT2D eigenvalue weighted by atomic mass is 16.5. The van der Waals surface area contributed by atoms with Crippen molar-refractivity contribution in [2.24, 2.45) is 17.3 Å². The average Bonchev–Trinajstić information content (AvgIpc) is 2.90. The van der Waals surface area contributed by atoms with Crippen LogP contribution in [0.2, 0.25) is 0 Å². The van der Waals surface area contributed by atoms with Crippen LogP contribution >= 0.6 is 0 Å². The summed E-state index contributed by atoms with van der Waals surface area (Å²) >= 11 is 0. The molecule has 0 aliphatic heterocycles. The summed E-state index contributed by atoms with van der Waals surface area (Å²) < 4.78 is 5.91. The third-order valence-corrected chi connectivity index (χ3v) is 7.41. The molecular weight excluding hydrogens is 296 g/mol. The molecule has 3 aliphatic rings. The molecular formula is C22H32O2. The summed E-state index contributed by atoms with van der Waals surface area (Å²) in [5, 5.41) is 10.5. The van der Waals surface area contributed by atoms with Crippen molar-refractivity contribution in [3.05, 3.63) is 29.3 Å². The summed E-state index contributed by atoms with van der Waals surface area (Å²) in [7, 11) is 0. The van der Waals surface area contributed by atoms with E-state index in [9.17, 15) is 5.11 Å². The summed E-state index contributed by atoms with van der Waals surface area (Å²) in [6.07, 6.45) is 9.40. The molecule has 2 nitrogen and oxygen atoms in total. The molecule has 4 rings (SSSR count). The van der Waals surface area contributed by atoms with E-state index in [4.69, 9.17) is 4.74 Å². The highest BCUT2D eigenvalue weighted by molar-refractivity contribution is 5.40. The zero-order valence-electron chi connectivity index (χ0n) is 15.3. The summed E-state index contributed by atoms with van der Waals surface area (Å²) in [4.78, 5) is 0. The fourth-order valence-corrected chi connectivity index (χ4v) is 5.96. The molecule has 0 radical (unpaired) electrons. The van der Waals surface area contributed by atoms with E-state index in [2.05, 4.69) is 32.0 Å². The summed E-state index contributed by atoms with van der Waals surface area (Å²) in [6.45, 7) is 5.39. The minimum Gasteiger partial charge on any atom is -0.494 e. The smallest absolute Gasteiger partial charge is 0.119 e. The Morgan fingerprint density at radius 3 is 2.92 bits per heavy atom. The lowest BCUT2D eigenvalue weighted by Gasteiger charge is -2.50. The average molecular weight is 328 g/mol. The van der Waals surface area contributed by atoms with Gasteiger partial charge in [-0.2, -0.15) is 0 Å². The largest absolute Gasteiger partial charge is 0.494 e. The van der Waals surface area contributed by atoms with Crippen molar-refractivity contribution in [2.45, 2.75) is 77.2 Å². The number of fused-ring (bicyclic) bond motifs is 5. The Morgan fingerprint density at radius 2 is 2.08 bits per heavy atom. The lowest BCUT2D eigenvalue weighted by atomic mass is 9.55. The van der Waals surface area contributed by atoms with Crippen molar-refractivity contribution < 1.29 is 9.84 Å². The number of aliphatic hydroxyl groups excluding tert-OH is 1. The topological polar surface area (TPSA) is 29.5 Å². The highest BCUT2D eigenvalue weighted by Gasteiger charge is 2.54. The molecule has 5 atom stereocenters. The number of hydrogen-bond donors (Lipinski definition) is 1. The predicted octanol–water partition coefficient (Wildman–Crippen LogP) is 5.08. The van der Waals surface area contributed by atoms with E-state index >= 15 is 0 Å². The molecule has 0 amide bonds. The molecule has 0 aromatic heterocycles. The Balaban J connectivity index is 1.55. The van der Waals surface area contributed by atoms with Crippen LogP contribution < -0.4 is 4.74 Å². The third kappa shape index (κ3) is 2.58. The van der Waals surface area contributed by atoms with Gasteiger partial charge in [0.2, 0.25) is 0 Å². The fourth-order valence-electron chi connectivity index (χ4n) is 5.96. The van der Waals surface area contributed by atoms with Crippen molar-refractivity contribution >= 4 is 0 Å². The first-order valence-corrected chi connectivity index (χ1v) is 10.1.